The van der Waals surface area contributed by atoms with Crippen molar-refractivity contribution < 1.29 is 14.3 Å². The molecule has 5 nitrogen and oxygen atoms in total. The second kappa shape index (κ2) is 6.53. The maximum absolute atomic E-state index is 12.4. The van der Waals surface area contributed by atoms with Crippen LogP contribution in [-0.4, -0.2) is 40.5 Å². The summed E-state index contributed by atoms with van der Waals surface area (Å²) in [6.45, 7) is 7.21. The molecule has 1 amide bonds. The second-order valence-corrected chi connectivity index (χ2v) is 7.08. The number of carbonyl (C=O) groups is 2. The highest BCUT2D eigenvalue weighted by Crippen LogP contribution is 2.42. The Kier molecular flexibility index (Phi) is 5.67. The predicted octanol–water partition coefficient (Wildman–Crippen LogP) is 1.87. The van der Waals surface area contributed by atoms with E-state index in [2.05, 4.69) is 0 Å². The molecule has 1 saturated heterocycles. The lowest BCUT2D eigenvalue weighted by Crippen LogP contribution is -2.51. The number of ether oxygens (including phenoxy) is 1. The number of likely N-dealkylation sites (tertiary alicyclic amines) is 1. The SMILES string of the molecule is C[C@H](N)C(=O)N1[C@@H]2CCC[C@H]2C[C@H]1C(=O)OC(C)(C)C.Cl. The minimum atomic E-state index is -0.570. The van der Waals surface area contributed by atoms with Gasteiger partial charge in [-0.15, -0.1) is 12.4 Å². The predicted molar refractivity (Wildman–Crippen MR) is 83.1 cm³/mol. The van der Waals surface area contributed by atoms with Crippen LogP contribution >= 0.6 is 12.4 Å². The lowest BCUT2D eigenvalue weighted by Gasteiger charge is -2.31. The molecule has 0 unspecified atom stereocenters. The molecule has 0 radical (unpaired) electrons. The summed E-state index contributed by atoms with van der Waals surface area (Å²) in [6.07, 6.45) is 3.91. The van der Waals surface area contributed by atoms with Crippen molar-refractivity contribution in [1.82, 2.24) is 4.90 Å². The van der Waals surface area contributed by atoms with Crippen LogP contribution in [-0.2, 0) is 14.3 Å². The van der Waals surface area contributed by atoms with Crippen molar-refractivity contribution in [3.63, 3.8) is 0 Å². The third-order valence-corrected chi connectivity index (χ3v) is 4.16. The van der Waals surface area contributed by atoms with E-state index in [1.807, 2.05) is 20.8 Å². The summed E-state index contributed by atoms with van der Waals surface area (Å²) >= 11 is 0. The smallest absolute Gasteiger partial charge is 0.329 e. The molecule has 2 rings (SSSR count). The highest BCUT2D eigenvalue weighted by Gasteiger charge is 2.50. The van der Waals surface area contributed by atoms with Gasteiger partial charge in [-0.05, 0) is 52.9 Å². The third kappa shape index (κ3) is 3.89. The minimum Gasteiger partial charge on any atom is -0.458 e. The van der Waals surface area contributed by atoms with E-state index in [-0.39, 0.29) is 30.3 Å². The number of hydrogen-bond donors (Lipinski definition) is 1. The van der Waals surface area contributed by atoms with Crippen molar-refractivity contribution in [1.29, 1.82) is 0 Å². The van der Waals surface area contributed by atoms with Crippen LogP contribution in [0, 0.1) is 5.92 Å². The average molecular weight is 319 g/mol. The first-order valence-electron chi connectivity index (χ1n) is 7.51. The quantitative estimate of drug-likeness (QED) is 0.789. The fourth-order valence-electron chi connectivity index (χ4n) is 3.42. The van der Waals surface area contributed by atoms with Crippen molar-refractivity contribution >= 4 is 24.3 Å². The lowest BCUT2D eigenvalue weighted by molar-refractivity contribution is -0.164. The zero-order valence-corrected chi connectivity index (χ0v) is 14.1. The Morgan fingerprint density at radius 2 is 1.90 bits per heavy atom. The molecule has 2 fully saturated rings. The summed E-state index contributed by atoms with van der Waals surface area (Å²) in [7, 11) is 0. The molecule has 0 aromatic heterocycles. The zero-order chi connectivity index (χ0) is 15.1. The van der Waals surface area contributed by atoms with Gasteiger partial charge < -0.3 is 15.4 Å². The molecule has 0 bridgehead atoms. The van der Waals surface area contributed by atoms with Crippen LogP contribution in [0.15, 0.2) is 0 Å². The molecule has 1 heterocycles. The Labute approximate surface area is 133 Å². The van der Waals surface area contributed by atoms with Gasteiger partial charge in [-0.2, -0.15) is 0 Å². The molecule has 6 heteroatoms. The monoisotopic (exact) mass is 318 g/mol. The van der Waals surface area contributed by atoms with Crippen LogP contribution in [0.2, 0.25) is 0 Å². The van der Waals surface area contributed by atoms with Gasteiger partial charge >= 0.3 is 5.97 Å². The lowest BCUT2D eigenvalue weighted by atomic mass is 10.0. The number of halogens is 1. The largest absolute Gasteiger partial charge is 0.458 e. The number of hydrogen-bond acceptors (Lipinski definition) is 4. The fraction of sp³-hybridized carbons (Fsp3) is 0.867. The number of nitrogens with two attached hydrogens (primary N) is 1. The molecule has 0 aromatic carbocycles. The van der Waals surface area contributed by atoms with E-state index in [9.17, 15) is 9.59 Å². The number of rotatable bonds is 2. The molecule has 1 saturated carbocycles. The van der Waals surface area contributed by atoms with Crippen molar-refractivity contribution in [2.45, 2.75) is 77.1 Å². The van der Waals surface area contributed by atoms with Gasteiger partial charge in [0.15, 0.2) is 0 Å². The minimum absolute atomic E-state index is 0. The Balaban J connectivity index is 0.00000220. The van der Waals surface area contributed by atoms with Crippen LogP contribution in [0.1, 0.15) is 53.4 Å². The summed E-state index contributed by atoms with van der Waals surface area (Å²) in [4.78, 5) is 26.5. The first-order chi connectivity index (χ1) is 9.20. The Bertz CT molecular complexity index is 406. The highest BCUT2D eigenvalue weighted by atomic mass is 35.5. The normalized spacial score (nSPS) is 29.6. The molecular formula is C15H27ClN2O3. The molecule has 1 aliphatic carbocycles. The summed E-state index contributed by atoms with van der Waals surface area (Å²) in [5.41, 5.74) is 5.21. The van der Waals surface area contributed by atoms with Crippen molar-refractivity contribution in [2.75, 3.05) is 0 Å². The van der Waals surface area contributed by atoms with E-state index in [1.54, 1.807) is 11.8 Å². The molecule has 2 N–H and O–H groups in total. The molecule has 4 atom stereocenters. The number of fused-ring (bicyclic) bond motifs is 1. The number of nitrogens with zero attached hydrogens (tertiary/aromatic N) is 1. The summed E-state index contributed by atoms with van der Waals surface area (Å²) in [6, 6.07) is -0.853. The number of carbonyl (C=O) groups excluding carboxylic acids is 2. The maximum atomic E-state index is 12.4. The average Bonchev–Trinajstić information content (AvgIpc) is 2.84. The number of amides is 1. The van der Waals surface area contributed by atoms with Crippen molar-refractivity contribution in [3.8, 4) is 0 Å². The van der Waals surface area contributed by atoms with Crippen LogP contribution in [0.5, 0.6) is 0 Å². The number of esters is 1. The van der Waals surface area contributed by atoms with Gasteiger partial charge in [0.1, 0.15) is 11.6 Å². The Hall–Kier alpha value is -0.810. The molecule has 122 valence electrons. The van der Waals surface area contributed by atoms with E-state index in [0.717, 1.165) is 25.7 Å². The molecule has 1 aliphatic heterocycles. The van der Waals surface area contributed by atoms with Crippen molar-refractivity contribution in [2.24, 2.45) is 11.7 Å². The molecular weight excluding hydrogens is 292 g/mol. The fourth-order valence-corrected chi connectivity index (χ4v) is 3.42. The van der Waals surface area contributed by atoms with E-state index < -0.39 is 17.7 Å². The van der Waals surface area contributed by atoms with Crippen LogP contribution in [0.25, 0.3) is 0 Å². The van der Waals surface area contributed by atoms with Crippen LogP contribution < -0.4 is 5.73 Å². The zero-order valence-electron chi connectivity index (χ0n) is 13.3. The molecule has 0 aromatic rings. The van der Waals surface area contributed by atoms with Gasteiger partial charge in [-0.25, -0.2) is 4.79 Å². The first kappa shape index (κ1) is 18.2. The maximum Gasteiger partial charge on any atom is 0.329 e. The summed E-state index contributed by atoms with van der Waals surface area (Å²) in [5.74, 6) is 0.00591. The molecule has 21 heavy (non-hydrogen) atoms. The first-order valence-corrected chi connectivity index (χ1v) is 7.51. The standard InChI is InChI=1S/C15H26N2O3.ClH/c1-9(16)13(18)17-11-7-5-6-10(11)8-12(17)14(19)20-15(2,3)4;/h9-12H,5-8,16H2,1-4H3;1H/t9-,10-,11+,12-;/m0./s1. The summed E-state index contributed by atoms with van der Waals surface area (Å²) < 4.78 is 5.47. The topological polar surface area (TPSA) is 72.6 Å². The van der Waals surface area contributed by atoms with Gasteiger partial charge in [-0.3, -0.25) is 4.79 Å². The third-order valence-electron chi connectivity index (χ3n) is 4.16. The molecule has 2 aliphatic rings. The van der Waals surface area contributed by atoms with Gasteiger partial charge in [-0.1, -0.05) is 6.42 Å². The Morgan fingerprint density at radius 1 is 1.29 bits per heavy atom. The van der Waals surface area contributed by atoms with Gasteiger partial charge in [0.25, 0.3) is 0 Å². The van der Waals surface area contributed by atoms with Gasteiger partial charge in [0.2, 0.25) is 5.91 Å². The van der Waals surface area contributed by atoms with Crippen LogP contribution in [0.4, 0.5) is 0 Å². The van der Waals surface area contributed by atoms with E-state index in [1.165, 1.54) is 0 Å². The Morgan fingerprint density at radius 3 is 2.43 bits per heavy atom. The van der Waals surface area contributed by atoms with Crippen LogP contribution in [0.3, 0.4) is 0 Å². The van der Waals surface area contributed by atoms with Gasteiger partial charge in [0.05, 0.1) is 6.04 Å². The molecule has 0 spiro atoms. The highest BCUT2D eigenvalue weighted by molar-refractivity contribution is 5.88. The van der Waals surface area contributed by atoms with Crippen molar-refractivity contribution in [3.05, 3.63) is 0 Å². The van der Waals surface area contributed by atoms with E-state index in [0.29, 0.717) is 5.92 Å². The van der Waals surface area contributed by atoms with E-state index >= 15 is 0 Å². The van der Waals surface area contributed by atoms with Gasteiger partial charge in [0, 0.05) is 6.04 Å². The second-order valence-electron chi connectivity index (χ2n) is 7.08. The van der Waals surface area contributed by atoms with E-state index in [4.69, 9.17) is 10.5 Å². The summed E-state index contributed by atoms with van der Waals surface area (Å²) in [5, 5.41) is 0.